The Hall–Kier alpha value is 0.820. The average Bonchev–Trinajstić information content (AvgIpc) is 2.25. The van der Waals surface area contributed by atoms with E-state index in [-0.39, 0.29) is 0 Å². The maximum atomic E-state index is 6.01. The molecule has 2 aromatic rings. The minimum atomic E-state index is -1.11. The van der Waals surface area contributed by atoms with E-state index in [1.807, 2.05) is 36.4 Å². The second-order valence-corrected chi connectivity index (χ2v) is 10.6. The normalized spacial score (nSPS) is 13.0. The van der Waals surface area contributed by atoms with E-state index in [2.05, 4.69) is 31.9 Å². The second kappa shape index (κ2) is 5.31. The molecule has 0 amide bonds. The molecule has 2 rings (SSSR count). The summed E-state index contributed by atoms with van der Waals surface area (Å²) >= 11 is 30.4. The number of rotatable bonds is 2. The first kappa shape index (κ1) is 15.2. The van der Waals surface area contributed by atoms with Crippen LogP contribution in [0.2, 0.25) is 0 Å². The maximum Gasteiger partial charge on any atom is 0.197 e. The van der Waals surface area contributed by atoms with Crippen LogP contribution >= 0.6 is 78.3 Å². The quantitative estimate of drug-likeness (QED) is 0.440. The van der Waals surface area contributed by atoms with Crippen molar-refractivity contribution in [2.45, 2.75) is 6.49 Å². The van der Waals surface area contributed by atoms with Crippen LogP contribution in [-0.2, 0) is 6.49 Å². The smallest absolute Gasteiger partial charge is 0.0834 e. The largest absolute Gasteiger partial charge is 0.197 e. The number of halogens is 6. The Morgan fingerprint density at radius 1 is 0.667 bits per heavy atom. The van der Waals surface area contributed by atoms with E-state index in [0.29, 0.717) is 0 Å². The molecule has 0 heterocycles. The van der Waals surface area contributed by atoms with Gasteiger partial charge in [0.2, 0.25) is 0 Å². The number of alkyl halides is 6. The zero-order valence-corrected chi connectivity index (χ0v) is 14.9. The first-order chi connectivity index (χ1) is 8.18. The Labute approximate surface area is 142 Å². The molecular weight excluding hydrogens is 446 g/mol. The summed E-state index contributed by atoms with van der Waals surface area (Å²) in [4.78, 5) is 0. The van der Waals surface area contributed by atoms with E-state index in [0.717, 1.165) is 21.9 Å². The van der Waals surface area contributed by atoms with Gasteiger partial charge in [0.15, 0.2) is 6.49 Å². The fourth-order valence-electron chi connectivity index (χ4n) is 1.60. The SMILES string of the molecule is ClC(Cl)(Br)c1ccc2ccc(C(Cl)(Cl)Br)cc2c1. The molecule has 0 spiro atoms. The summed E-state index contributed by atoms with van der Waals surface area (Å²) in [6.45, 7) is 0. The summed E-state index contributed by atoms with van der Waals surface area (Å²) in [6, 6.07) is 11.4. The minimum Gasteiger partial charge on any atom is -0.0834 e. The molecule has 0 radical (unpaired) electrons. The van der Waals surface area contributed by atoms with Gasteiger partial charge in [-0.05, 0) is 65.9 Å². The van der Waals surface area contributed by atoms with Crippen molar-refractivity contribution < 1.29 is 0 Å². The van der Waals surface area contributed by atoms with E-state index in [1.54, 1.807) is 0 Å². The summed E-state index contributed by atoms with van der Waals surface area (Å²) in [5.74, 6) is 0. The van der Waals surface area contributed by atoms with Crippen LogP contribution in [0.1, 0.15) is 11.1 Å². The molecule has 0 aliphatic carbocycles. The highest BCUT2D eigenvalue weighted by Gasteiger charge is 2.24. The summed E-state index contributed by atoms with van der Waals surface area (Å²) in [7, 11) is 0. The summed E-state index contributed by atoms with van der Waals surface area (Å²) < 4.78 is -2.21. The molecule has 0 saturated heterocycles. The van der Waals surface area contributed by atoms with Gasteiger partial charge in [-0.3, -0.25) is 0 Å². The van der Waals surface area contributed by atoms with Crippen LogP contribution < -0.4 is 0 Å². The Balaban J connectivity index is 2.61. The van der Waals surface area contributed by atoms with Gasteiger partial charge in [0, 0.05) is 0 Å². The lowest BCUT2D eigenvalue weighted by molar-refractivity contribution is 1.28. The summed E-state index contributed by atoms with van der Waals surface area (Å²) in [5, 5.41) is 2.01. The van der Waals surface area contributed by atoms with Gasteiger partial charge < -0.3 is 0 Å². The van der Waals surface area contributed by atoms with Gasteiger partial charge in [0.25, 0.3) is 0 Å². The van der Waals surface area contributed by atoms with E-state index in [1.165, 1.54) is 0 Å². The van der Waals surface area contributed by atoms with Crippen LogP contribution in [0.15, 0.2) is 36.4 Å². The highest BCUT2D eigenvalue weighted by Crippen LogP contribution is 2.43. The van der Waals surface area contributed by atoms with Crippen molar-refractivity contribution in [1.29, 1.82) is 0 Å². The van der Waals surface area contributed by atoms with Gasteiger partial charge in [-0.15, -0.1) is 0 Å². The van der Waals surface area contributed by atoms with Gasteiger partial charge in [-0.25, -0.2) is 0 Å². The number of fused-ring (bicyclic) bond motifs is 1. The Kier molecular flexibility index (Phi) is 4.49. The maximum absolute atomic E-state index is 6.01. The topological polar surface area (TPSA) is 0 Å². The minimum absolute atomic E-state index is 0.750. The molecule has 0 aliphatic heterocycles. The third-order valence-corrected chi connectivity index (χ3v) is 4.28. The standard InChI is InChI=1S/C12H6Br2Cl4/c13-11(15,16)9-3-1-7-2-4-10(12(14,17)18)6-8(7)5-9/h1-6H. The lowest BCUT2D eigenvalue weighted by Gasteiger charge is -2.15. The summed E-state index contributed by atoms with van der Waals surface area (Å²) in [5.41, 5.74) is 1.50. The first-order valence-electron chi connectivity index (χ1n) is 4.86. The van der Waals surface area contributed by atoms with E-state index >= 15 is 0 Å². The highest BCUT2D eigenvalue weighted by molar-refractivity contribution is 9.10. The molecular formula is C12H6Br2Cl4. The van der Waals surface area contributed by atoms with Gasteiger partial charge in [-0.2, -0.15) is 0 Å². The van der Waals surface area contributed by atoms with Crippen LogP contribution in [-0.4, -0.2) is 0 Å². The number of benzene rings is 2. The number of hydrogen-bond donors (Lipinski definition) is 0. The van der Waals surface area contributed by atoms with Gasteiger partial charge in [0.1, 0.15) is 0 Å². The lowest BCUT2D eigenvalue weighted by atomic mass is 10.1. The molecule has 96 valence electrons. The predicted molar refractivity (Wildman–Crippen MR) is 88.6 cm³/mol. The van der Waals surface area contributed by atoms with E-state index in [9.17, 15) is 0 Å². The van der Waals surface area contributed by atoms with Crippen molar-refractivity contribution in [3.8, 4) is 0 Å². The van der Waals surface area contributed by atoms with Crippen LogP contribution in [0, 0.1) is 0 Å². The molecule has 0 aromatic heterocycles. The molecule has 2 aromatic carbocycles. The van der Waals surface area contributed by atoms with Crippen molar-refractivity contribution in [3.63, 3.8) is 0 Å². The molecule has 0 aliphatic rings. The molecule has 0 bridgehead atoms. The molecule has 0 nitrogen and oxygen atoms in total. The molecule has 0 atom stereocenters. The van der Waals surface area contributed by atoms with Crippen molar-refractivity contribution in [2.24, 2.45) is 0 Å². The van der Waals surface area contributed by atoms with Crippen molar-refractivity contribution in [1.82, 2.24) is 0 Å². The predicted octanol–water partition coefficient (Wildman–Crippen LogP) is 6.81. The van der Waals surface area contributed by atoms with Crippen molar-refractivity contribution >= 4 is 89.0 Å². The third kappa shape index (κ3) is 3.47. The van der Waals surface area contributed by atoms with Gasteiger partial charge in [-0.1, -0.05) is 70.7 Å². The average molecular weight is 452 g/mol. The van der Waals surface area contributed by atoms with Crippen LogP contribution in [0.4, 0.5) is 0 Å². The zero-order chi connectivity index (χ0) is 13.6. The Morgan fingerprint density at radius 3 is 1.39 bits per heavy atom. The van der Waals surface area contributed by atoms with E-state index in [4.69, 9.17) is 46.4 Å². The molecule has 18 heavy (non-hydrogen) atoms. The van der Waals surface area contributed by atoms with Crippen molar-refractivity contribution in [3.05, 3.63) is 47.5 Å². The number of hydrogen-bond acceptors (Lipinski definition) is 0. The lowest BCUT2D eigenvalue weighted by Crippen LogP contribution is -2.00. The Bertz CT molecular complexity index is 536. The molecule has 0 saturated carbocycles. The molecule has 0 unspecified atom stereocenters. The molecule has 6 heteroatoms. The molecule has 0 fully saturated rings. The van der Waals surface area contributed by atoms with Crippen LogP contribution in [0.5, 0.6) is 0 Å². The van der Waals surface area contributed by atoms with Gasteiger partial charge in [0.05, 0.1) is 0 Å². The Morgan fingerprint density at radius 2 is 1.06 bits per heavy atom. The highest BCUT2D eigenvalue weighted by atomic mass is 79.9. The zero-order valence-electron chi connectivity index (χ0n) is 8.73. The van der Waals surface area contributed by atoms with Crippen LogP contribution in [0.3, 0.4) is 0 Å². The monoisotopic (exact) mass is 448 g/mol. The van der Waals surface area contributed by atoms with Crippen LogP contribution in [0.25, 0.3) is 10.8 Å². The summed E-state index contributed by atoms with van der Waals surface area (Å²) in [6.07, 6.45) is 0. The van der Waals surface area contributed by atoms with Gasteiger partial charge >= 0.3 is 0 Å². The second-order valence-electron chi connectivity index (χ2n) is 3.77. The fourth-order valence-corrected chi connectivity index (χ4v) is 2.56. The van der Waals surface area contributed by atoms with Crippen molar-refractivity contribution in [2.75, 3.05) is 0 Å². The first-order valence-corrected chi connectivity index (χ1v) is 7.96. The van der Waals surface area contributed by atoms with E-state index < -0.39 is 6.49 Å². The molecule has 0 N–H and O–H groups in total. The fraction of sp³-hybridized carbons (Fsp3) is 0.167. The third-order valence-electron chi connectivity index (χ3n) is 2.49.